The van der Waals surface area contributed by atoms with Gasteiger partial charge in [-0.25, -0.2) is 0 Å². The van der Waals surface area contributed by atoms with Crippen LogP contribution in [0.15, 0.2) is 18.3 Å². The summed E-state index contributed by atoms with van der Waals surface area (Å²) in [5.41, 5.74) is 0.880. The van der Waals surface area contributed by atoms with Gasteiger partial charge in [0.2, 0.25) is 0 Å². The van der Waals surface area contributed by atoms with E-state index in [9.17, 15) is 4.79 Å². The second-order valence-electron chi connectivity index (χ2n) is 4.83. The number of amides is 1. The number of hydrogen-bond donors (Lipinski definition) is 3. The Bertz CT molecular complexity index is 339. The first-order valence-electron chi connectivity index (χ1n) is 5.82. The predicted octanol–water partition coefficient (Wildman–Crippen LogP) is 1.13. The van der Waals surface area contributed by atoms with Gasteiger partial charge < -0.3 is 15.6 Å². The molecule has 0 saturated carbocycles. The van der Waals surface area contributed by atoms with Gasteiger partial charge in [-0.1, -0.05) is 6.92 Å². The van der Waals surface area contributed by atoms with Crippen LogP contribution in [0, 0.1) is 5.41 Å². The van der Waals surface area contributed by atoms with E-state index in [0.29, 0.717) is 5.69 Å². The molecule has 88 valence electrons. The van der Waals surface area contributed by atoms with Crippen molar-refractivity contribution < 1.29 is 4.79 Å². The molecule has 0 spiro atoms. The number of aromatic amines is 1. The van der Waals surface area contributed by atoms with E-state index in [1.54, 1.807) is 12.3 Å². The van der Waals surface area contributed by atoms with E-state index in [-0.39, 0.29) is 11.3 Å². The molecule has 1 amide bonds. The smallest absolute Gasteiger partial charge is 0.267 e. The highest BCUT2D eigenvalue weighted by molar-refractivity contribution is 5.92. The summed E-state index contributed by atoms with van der Waals surface area (Å²) in [5.74, 6) is -0.00948. The maximum Gasteiger partial charge on any atom is 0.267 e. The Morgan fingerprint density at radius 3 is 2.88 bits per heavy atom. The summed E-state index contributed by atoms with van der Waals surface area (Å²) in [6.45, 7) is 5.10. The first-order valence-corrected chi connectivity index (χ1v) is 5.82. The monoisotopic (exact) mass is 221 g/mol. The number of rotatable bonds is 3. The maximum absolute atomic E-state index is 11.7. The zero-order chi connectivity index (χ0) is 11.4. The fourth-order valence-corrected chi connectivity index (χ4v) is 2.07. The van der Waals surface area contributed by atoms with Crippen molar-refractivity contribution in [3.05, 3.63) is 24.0 Å². The molecule has 1 saturated heterocycles. The van der Waals surface area contributed by atoms with Gasteiger partial charge in [0.15, 0.2) is 0 Å². The van der Waals surface area contributed by atoms with Gasteiger partial charge in [-0.05, 0) is 43.5 Å². The highest BCUT2D eigenvalue weighted by Crippen LogP contribution is 2.26. The first kappa shape index (κ1) is 11.2. The van der Waals surface area contributed by atoms with E-state index < -0.39 is 0 Å². The van der Waals surface area contributed by atoms with Gasteiger partial charge in [0.25, 0.3) is 5.91 Å². The second kappa shape index (κ2) is 4.70. The summed E-state index contributed by atoms with van der Waals surface area (Å²) < 4.78 is 0. The normalized spacial score (nSPS) is 19.3. The third-order valence-electron chi connectivity index (χ3n) is 3.33. The van der Waals surface area contributed by atoms with Crippen LogP contribution in [0.5, 0.6) is 0 Å². The molecule has 1 aliphatic heterocycles. The van der Waals surface area contributed by atoms with Crippen LogP contribution in [0.25, 0.3) is 0 Å². The molecular weight excluding hydrogens is 202 g/mol. The van der Waals surface area contributed by atoms with Crippen molar-refractivity contribution in [2.75, 3.05) is 19.6 Å². The number of piperidine rings is 1. The fraction of sp³-hybridized carbons (Fsp3) is 0.583. The van der Waals surface area contributed by atoms with Crippen LogP contribution in [0.3, 0.4) is 0 Å². The summed E-state index contributed by atoms with van der Waals surface area (Å²) >= 11 is 0. The molecule has 1 aliphatic rings. The molecule has 0 unspecified atom stereocenters. The van der Waals surface area contributed by atoms with Crippen LogP contribution in [-0.2, 0) is 0 Å². The van der Waals surface area contributed by atoms with E-state index in [4.69, 9.17) is 0 Å². The lowest BCUT2D eigenvalue weighted by molar-refractivity contribution is 0.0918. The zero-order valence-corrected chi connectivity index (χ0v) is 9.68. The van der Waals surface area contributed by atoms with Gasteiger partial charge >= 0.3 is 0 Å². The van der Waals surface area contributed by atoms with Gasteiger partial charge in [0.1, 0.15) is 5.69 Å². The SMILES string of the molecule is CC1(CNC(=O)c2ccc[nH]2)CCNCC1. The topological polar surface area (TPSA) is 56.9 Å². The summed E-state index contributed by atoms with van der Waals surface area (Å²) in [7, 11) is 0. The molecule has 16 heavy (non-hydrogen) atoms. The Morgan fingerprint density at radius 2 is 2.25 bits per heavy atom. The zero-order valence-electron chi connectivity index (χ0n) is 9.68. The van der Waals surface area contributed by atoms with E-state index in [2.05, 4.69) is 22.5 Å². The minimum Gasteiger partial charge on any atom is -0.357 e. The molecule has 1 fully saturated rings. The molecule has 0 atom stereocenters. The van der Waals surface area contributed by atoms with Crippen molar-refractivity contribution >= 4 is 5.91 Å². The first-order chi connectivity index (χ1) is 7.70. The van der Waals surface area contributed by atoms with Crippen LogP contribution in [0.2, 0.25) is 0 Å². The number of nitrogens with one attached hydrogen (secondary N) is 3. The summed E-state index contributed by atoms with van der Waals surface area (Å²) in [6, 6.07) is 3.63. The van der Waals surface area contributed by atoms with Crippen molar-refractivity contribution in [2.45, 2.75) is 19.8 Å². The fourth-order valence-electron chi connectivity index (χ4n) is 2.07. The number of carbonyl (C=O) groups excluding carboxylic acids is 1. The molecule has 4 nitrogen and oxygen atoms in total. The van der Waals surface area contributed by atoms with Gasteiger partial charge in [-0.3, -0.25) is 4.79 Å². The average Bonchev–Trinajstić information content (AvgIpc) is 2.80. The Hall–Kier alpha value is -1.29. The Balaban J connectivity index is 1.84. The van der Waals surface area contributed by atoms with Crippen molar-refractivity contribution in [2.24, 2.45) is 5.41 Å². The predicted molar refractivity (Wildman–Crippen MR) is 63.3 cm³/mol. The molecule has 0 aliphatic carbocycles. The van der Waals surface area contributed by atoms with E-state index in [0.717, 1.165) is 32.5 Å². The minimum atomic E-state index is -0.00948. The van der Waals surface area contributed by atoms with E-state index in [1.807, 2.05) is 6.07 Å². The molecule has 1 aromatic rings. The third-order valence-corrected chi connectivity index (χ3v) is 3.33. The lowest BCUT2D eigenvalue weighted by atomic mass is 9.81. The standard InChI is InChI=1S/C12H19N3O/c1-12(4-7-13-8-5-12)9-15-11(16)10-3-2-6-14-10/h2-3,6,13-14H,4-5,7-9H2,1H3,(H,15,16). The van der Waals surface area contributed by atoms with E-state index in [1.165, 1.54) is 0 Å². The molecule has 2 rings (SSSR count). The van der Waals surface area contributed by atoms with Crippen molar-refractivity contribution in [1.29, 1.82) is 0 Å². The average molecular weight is 221 g/mol. The lowest BCUT2D eigenvalue weighted by Crippen LogP contribution is -2.42. The van der Waals surface area contributed by atoms with Crippen LogP contribution in [-0.4, -0.2) is 30.5 Å². The lowest BCUT2D eigenvalue weighted by Gasteiger charge is -2.34. The highest BCUT2D eigenvalue weighted by Gasteiger charge is 2.27. The second-order valence-corrected chi connectivity index (χ2v) is 4.83. The number of hydrogen-bond acceptors (Lipinski definition) is 2. The molecule has 0 aromatic carbocycles. The van der Waals surface area contributed by atoms with Crippen molar-refractivity contribution in [3.8, 4) is 0 Å². The van der Waals surface area contributed by atoms with Gasteiger partial charge in [-0.2, -0.15) is 0 Å². The maximum atomic E-state index is 11.7. The molecule has 0 bridgehead atoms. The van der Waals surface area contributed by atoms with Crippen LogP contribution in [0.1, 0.15) is 30.3 Å². The van der Waals surface area contributed by atoms with Crippen molar-refractivity contribution in [1.82, 2.24) is 15.6 Å². The highest BCUT2D eigenvalue weighted by atomic mass is 16.1. The molecular formula is C12H19N3O. The molecule has 3 N–H and O–H groups in total. The summed E-state index contributed by atoms with van der Waals surface area (Å²) in [6.07, 6.45) is 4.01. The molecule has 4 heteroatoms. The van der Waals surface area contributed by atoms with Crippen molar-refractivity contribution in [3.63, 3.8) is 0 Å². The van der Waals surface area contributed by atoms with Crippen LogP contribution < -0.4 is 10.6 Å². The molecule has 0 radical (unpaired) electrons. The minimum absolute atomic E-state index is 0.00948. The number of aromatic nitrogens is 1. The van der Waals surface area contributed by atoms with Gasteiger partial charge in [0.05, 0.1) is 0 Å². The van der Waals surface area contributed by atoms with Gasteiger partial charge in [0, 0.05) is 12.7 Å². The Morgan fingerprint density at radius 1 is 1.50 bits per heavy atom. The molecule has 1 aromatic heterocycles. The van der Waals surface area contributed by atoms with Crippen LogP contribution >= 0.6 is 0 Å². The Kier molecular flexibility index (Phi) is 3.29. The number of H-pyrrole nitrogens is 1. The summed E-state index contributed by atoms with van der Waals surface area (Å²) in [5, 5.41) is 6.33. The Labute approximate surface area is 95.8 Å². The molecule has 2 heterocycles. The largest absolute Gasteiger partial charge is 0.357 e. The number of carbonyl (C=O) groups is 1. The quantitative estimate of drug-likeness (QED) is 0.716. The third kappa shape index (κ3) is 2.64. The van der Waals surface area contributed by atoms with Gasteiger partial charge in [-0.15, -0.1) is 0 Å². The summed E-state index contributed by atoms with van der Waals surface area (Å²) in [4.78, 5) is 14.6. The van der Waals surface area contributed by atoms with E-state index >= 15 is 0 Å². The van der Waals surface area contributed by atoms with Crippen LogP contribution in [0.4, 0.5) is 0 Å².